The van der Waals surface area contributed by atoms with Gasteiger partial charge in [0.2, 0.25) is 0 Å². The summed E-state index contributed by atoms with van der Waals surface area (Å²) < 4.78 is 0.881. The van der Waals surface area contributed by atoms with Crippen molar-refractivity contribution in [3.05, 3.63) is 21.6 Å². The molecule has 1 saturated carbocycles. The van der Waals surface area contributed by atoms with Crippen molar-refractivity contribution in [2.45, 2.75) is 18.9 Å². The molecule has 1 aliphatic rings. The van der Waals surface area contributed by atoms with Crippen molar-refractivity contribution in [3.8, 4) is 0 Å². The summed E-state index contributed by atoms with van der Waals surface area (Å²) in [5.41, 5.74) is 7.48. The highest BCUT2D eigenvalue weighted by molar-refractivity contribution is 9.10. The van der Waals surface area contributed by atoms with E-state index in [0.717, 1.165) is 10.2 Å². The third-order valence-corrected chi connectivity index (χ3v) is 3.23. The lowest BCUT2D eigenvalue weighted by atomic mass is 10.2. The maximum absolute atomic E-state index is 5.88. The fraction of sp³-hybridized carbons (Fsp3) is 0.333. The van der Waals surface area contributed by atoms with Crippen molar-refractivity contribution >= 4 is 38.9 Å². The van der Waals surface area contributed by atoms with Crippen LogP contribution >= 0.6 is 27.5 Å². The topological polar surface area (TPSA) is 38.0 Å². The molecule has 0 unspecified atom stereocenters. The van der Waals surface area contributed by atoms with Gasteiger partial charge in [0.05, 0.1) is 16.4 Å². The second-order valence-electron chi connectivity index (χ2n) is 3.27. The molecule has 3 N–H and O–H groups in total. The normalized spacial score (nSPS) is 15.8. The molecule has 4 heteroatoms. The Bertz CT molecular complexity index is 337. The van der Waals surface area contributed by atoms with Crippen LogP contribution in [0.25, 0.3) is 0 Å². The molecule has 13 heavy (non-hydrogen) atoms. The number of hydrogen-bond donors (Lipinski definition) is 2. The first kappa shape index (κ1) is 9.16. The molecule has 0 radical (unpaired) electrons. The minimum atomic E-state index is 0.607. The summed E-state index contributed by atoms with van der Waals surface area (Å²) in [5, 5.41) is 3.99. The monoisotopic (exact) mass is 260 g/mol. The van der Waals surface area contributed by atoms with Gasteiger partial charge in [-0.2, -0.15) is 0 Å². The molecular weight excluding hydrogens is 251 g/mol. The lowest BCUT2D eigenvalue weighted by Crippen LogP contribution is -2.03. The molecule has 0 aromatic heterocycles. The second kappa shape index (κ2) is 3.39. The van der Waals surface area contributed by atoms with Crippen LogP contribution < -0.4 is 11.1 Å². The highest BCUT2D eigenvalue weighted by atomic mass is 79.9. The van der Waals surface area contributed by atoms with E-state index in [1.165, 1.54) is 12.8 Å². The number of hydrogen-bond acceptors (Lipinski definition) is 2. The standard InChI is InChI=1S/C9H10BrClN2/c10-6-3-9(13-5-1-2-5)8(12)4-7(6)11/h3-5,13H,1-2,12H2. The maximum Gasteiger partial charge on any atom is 0.0588 e. The van der Waals surface area contributed by atoms with Gasteiger partial charge >= 0.3 is 0 Å². The van der Waals surface area contributed by atoms with Crippen molar-refractivity contribution in [3.63, 3.8) is 0 Å². The van der Waals surface area contributed by atoms with Gasteiger partial charge in [0.25, 0.3) is 0 Å². The highest BCUT2D eigenvalue weighted by Gasteiger charge is 2.21. The highest BCUT2D eigenvalue weighted by Crippen LogP contribution is 2.34. The Morgan fingerprint density at radius 1 is 1.46 bits per heavy atom. The van der Waals surface area contributed by atoms with Crippen molar-refractivity contribution in [1.82, 2.24) is 0 Å². The number of nitrogens with two attached hydrogens (primary N) is 1. The molecule has 70 valence electrons. The zero-order valence-corrected chi connectivity index (χ0v) is 9.32. The Labute approximate surface area is 90.6 Å². The summed E-state index contributed by atoms with van der Waals surface area (Å²) in [7, 11) is 0. The summed E-state index contributed by atoms with van der Waals surface area (Å²) in [5.74, 6) is 0. The van der Waals surface area contributed by atoms with Gasteiger partial charge in [-0.3, -0.25) is 0 Å². The van der Waals surface area contributed by atoms with E-state index in [4.69, 9.17) is 17.3 Å². The van der Waals surface area contributed by atoms with E-state index in [2.05, 4.69) is 21.2 Å². The van der Waals surface area contributed by atoms with Gasteiger partial charge in [-0.15, -0.1) is 0 Å². The van der Waals surface area contributed by atoms with Crippen molar-refractivity contribution < 1.29 is 0 Å². The maximum atomic E-state index is 5.88. The van der Waals surface area contributed by atoms with E-state index in [1.807, 2.05) is 6.07 Å². The zero-order valence-electron chi connectivity index (χ0n) is 6.98. The van der Waals surface area contributed by atoms with Crippen LogP contribution in [-0.4, -0.2) is 6.04 Å². The SMILES string of the molecule is Nc1cc(Cl)c(Br)cc1NC1CC1. The average molecular weight is 262 g/mol. The van der Waals surface area contributed by atoms with E-state index in [-0.39, 0.29) is 0 Å². The first-order chi connectivity index (χ1) is 6.16. The molecule has 0 aliphatic heterocycles. The Morgan fingerprint density at radius 3 is 2.77 bits per heavy atom. The van der Waals surface area contributed by atoms with Crippen LogP contribution in [0.4, 0.5) is 11.4 Å². The van der Waals surface area contributed by atoms with Gasteiger partial charge < -0.3 is 11.1 Å². The zero-order chi connectivity index (χ0) is 9.42. The summed E-state index contributed by atoms with van der Waals surface area (Å²) in [6.45, 7) is 0. The molecule has 0 saturated heterocycles. The molecule has 1 fully saturated rings. The molecule has 0 atom stereocenters. The number of halogens is 2. The quantitative estimate of drug-likeness (QED) is 0.802. The van der Waals surface area contributed by atoms with Crippen LogP contribution in [0.5, 0.6) is 0 Å². The lowest BCUT2D eigenvalue weighted by molar-refractivity contribution is 1.16. The van der Waals surface area contributed by atoms with Gasteiger partial charge in [0.15, 0.2) is 0 Å². The number of rotatable bonds is 2. The van der Waals surface area contributed by atoms with Gasteiger partial charge in [0, 0.05) is 10.5 Å². The van der Waals surface area contributed by atoms with E-state index < -0.39 is 0 Å². The van der Waals surface area contributed by atoms with E-state index in [9.17, 15) is 0 Å². The molecule has 2 nitrogen and oxygen atoms in total. The first-order valence-electron chi connectivity index (χ1n) is 4.18. The average Bonchev–Trinajstić information content (AvgIpc) is 2.84. The summed E-state index contributed by atoms with van der Waals surface area (Å²) >= 11 is 9.25. The second-order valence-corrected chi connectivity index (χ2v) is 4.53. The van der Waals surface area contributed by atoms with Gasteiger partial charge in [-0.1, -0.05) is 11.6 Å². The number of nitrogen functional groups attached to an aromatic ring is 1. The van der Waals surface area contributed by atoms with E-state index in [1.54, 1.807) is 6.07 Å². The Morgan fingerprint density at radius 2 is 2.15 bits per heavy atom. The van der Waals surface area contributed by atoms with Crippen LogP contribution in [0.2, 0.25) is 5.02 Å². The molecule has 0 bridgehead atoms. The summed E-state index contributed by atoms with van der Waals surface area (Å²) in [6.07, 6.45) is 2.47. The van der Waals surface area contributed by atoms with Crippen LogP contribution in [0.3, 0.4) is 0 Å². The lowest BCUT2D eigenvalue weighted by Gasteiger charge is -2.09. The minimum Gasteiger partial charge on any atom is -0.397 e. The summed E-state index contributed by atoms with van der Waals surface area (Å²) in [6, 6.07) is 4.29. The third-order valence-electron chi connectivity index (χ3n) is 2.03. The fourth-order valence-corrected chi connectivity index (χ4v) is 1.65. The molecule has 2 rings (SSSR count). The molecule has 1 aromatic carbocycles. The Kier molecular flexibility index (Phi) is 2.39. The molecular formula is C9H10BrClN2. The molecule has 0 amide bonds. The van der Waals surface area contributed by atoms with Crippen LogP contribution in [0.15, 0.2) is 16.6 Å². The van der Waals surface area contributed by atoms with Crippen LogP contribution in [0.1, 0.15) is 12.8 Å². The third kappa shape index (κ3) is 2.09. The largest absolute Gasteiger partial charge is 0.397 e. The first-order valence-corrected chi connectivity index (χ1v) is 5.35. The van der Waals surface area contributed by atoms with E-state index >= 15 is 0 Å². The van der Waals surface area contributed by atoms with E-state index in [0.29, 0.717) is 16.8 Å². The molecule has 0 heterocycles. The molecule has 1 aromatic rings. The number of nitrogens with one attached hydrogen (secondary N) is 1. The van der Waals surface area contributed by atoms with Crippen LogP contribution in [-0.2, 0) is 0 Å². The van der Waals surface area contributed by atoms with Crippen molar-refractivity contribution in [1.29, 1.82) is 0 Å². The predicted octanol–water partition coefficient (Wildman–Crippen LogP) is 3.26. The number of anilines is 2. The van der Waals surface area contributed by atoms with Crippen LogP contribution in [0, 0.1) is 0 Å². The van der Waals surface area contributed by atoms with Crippen molar-refractivity contribution in [2.24, 2.45) is 0 Å². The summed E-state index contributed by atoms with van der Waals surface area (Å²) in [4.78, 5) is 0. The molecule has 1 aliphatic carbocycles. The minimum absolute atomic E-state index is 0.607. The Balaban J connectivity index is 2.27. The van der Waals surface area contributed by atoms with Crippen molar-refractivity contribution in [2.75, 3.05) is 11.1 Å². The Hall–Kier alpha value is -0.410. The van der Waals surface area contributed by atoms with Gasteiger partial charge in [-0.05, 0) is 40.9 Å². The number of benzene rings is 1. The smallest absolute Gasteiger partial charge is 0.0588 e. The fourth-order valence-electron chi connectivity index (χ4n) is 1.13. The van der Waals surface area contributed by atoms with Gasteiger partial charge in [-0.25, -0.2) is 0 Å². The predicted molar refractivity (Wildman–Crippen MR) is 60.2 cm³/mol. The van der Waals surface area contributed by atoms with Gasteiger partial charge in [0.1, 0.15) is 0 Å². The molecule has 0 spiro atoms.